The van der Waals surface area contributed by atoms with E-state index >= 15 is 0 Å². The number of hydrogen-bond donors (Lipinski definition) is 0. The Morgan fingerprint density at radius 2 is 1.77 bits per heavy atom. The molecule has 1 spiro atoms. The van der Waals surface area contributed by atoms with Gasteiger partial charge in [0.2, 0.25) is 0 Å². The largest absolute Gasteiger partial charge is 0.461 e. The van der Waals surface area contributed by atoms with Gasteiger partial charge in [-0.05, 0) is 90.9 Å². The van der Waals surface area contributed by atoms with Crippen LogP contribution in [0.2, 0.25) is 5.02 Å². The van der Waals surface area contributed by atoms with Crippen LogP contribution in [0.1, 0.15) is 46.3 Å². The van der Waals surface area contributed by atoms with Crippen molar-refractivity contribution in [3.63, 3.8) is 0 Å². The molecule has 5 rings (SSSR count). The van der Waals surface area contributed by atoms with E-state index in [1.807, 2.05) is 24.3 Å². The van der Waals surface area contributed by atoms with Crippen LogP contribution in [0.3, 0.4) is 0 Å². The number of carbonyl (C=O) groups excluding carboxylic acids is 2. The van der Waals surface area contributed by atoms with Crippen molar-refractivity contribution in [3.05, 3.63) is 74.1 Å². The van der Waals surface area contributed by atoms with Gasteiger partial charge in [-0.25, -0.2) is 9.48 Å². The van der Waals surface area contributed by atoms with Crippen LogP contribution in [0.4, 0.5) is 5.69 Å². The summed E-state index contributed by atoms with van der Waals surface area (Å²) in [4.78, 5) is 28.3. The van der Waals surface area contributed by atoms with E-state index in [1.165, 1.54) is 0 Å². The standard InChI is InChI=1S/C23H19ClIN3O3/c1-2-31-22(30)19-18-20(28(26-19)17-7-3-14(24)4-8-17)21(29)27(13-23(18)11-12-23)16-9-5-15(25)6-10-16/h3-10H,2,11-13H2,1H3. The van der Waals surface area contributed by atoms with Crippen LogP contribution in [0, 0.1) is 3.57 Å². The lowest BCUT2D eigenvalue weighted by molar-refractivity contribution is 0.0517. The first kappa shape index (κ1) is 20.5. The number of nitrogens with zero attached hydrogens (tertiary/aromatic N) is 3. The minimum atomic E-state index is -0.492. The molecule has 0 N–H and O–H groups in total. The number of rotatable bonds is 4. The minimum Gasteiger partial charge on any atom is -0.461 e. The molecule has 1 fully saturated rings. The van der Waals surface area contributed by atoms with Gasteiger partial charge in [0.1, 0.15) is 5.69 Å². The lowest BCUT2D eigenvalue weighted by Crippen LogP contribution is -2.44. The van der Waals surface area contributed by atoms with E-state index in [4.69, 9.17) is 16.3 Å². The molecule has 1 aromatic heterocycles. The third-order valence-corrected chi connectivity index (χ3v) is 6.83. The number of amides is 1. The van der Waals surface area contributed by atoms with Gasteiger partial charge in [-0.1, -0.05) is 11.6 Å². The molecule has 3 aromatic rings. The maximum absolute atomic E-state index is 13.8. The molecule has 1 saturated carbocycles. The molecule has 0 radical (unpaired) electrons. The molecule has 0 bridgehead atoms. The number of aromatic nitrogens is 2. The number of fused-ring (bicyclic) bond motifs is 2. The molecule has 2 aromatic carbocycles. The van der Waals surface area contributed by atoms with E-state index in [-0.39, 0.29) is 23.6 Å². The number of halogens is 2. The molecule has 0 atom stereocenters. The van der Waals surface area contributed by atoms with Crippen molar-refractivity contribution >= 4 is 51.8 Å². The molecular weight excluding hydrogens is 529 g/mol. The summed E-state index contributed by atoms with van der Waals surface area (Å²) in [6, 6.07) is 14.9. The molecule has 1 amide bonds. The predicted molar refractivity (Wildman–Crippen MR) is 126 cm³/mol. The van der Waals surface area contributed by atoms with Crippen molar-refractivity contribution in [2.75, 3.05) is 18.1 Å². The van der Waals surface area contributed by atoms with E-state index in [0.29, 0.717) is 28.5 Å². The van der Waals surface area contributed by atoms with E-state index in [2.05, 4.69) is 27.7 Å². The maximum Gasteiger partial charge on any atom is 0.359 e. The Balaban J connectivity index is 1.71. The topological polar surface area (TPSA) is 64.4 Å². The van der Waals surface area contributed by atoms with Crippen LogP contribution in [-0.2, 0) is 10.2 Å². The Morgan fingerprint density at radius 3 is 2.39 bits per heavy atom. The SMILES string of the molecule is CCOC(=O)c1nn(-c2ccc(Cl)cc2)c2c1C1(CC1)CN(c1ccc(I)cc1)C2=O. The van der Waals surface area contributed by atoms with Crippen LogP contribution in [0.5, 0.6) is 0 Å². The number of benzene rings is 2. The second kappa shape index (κ2) is 7.63. The van der Waals surface area contributed by atoms with Crippen LogP contribution in [-0.4, -0.2) is 34.8 Å². The highest BCUT2D eigenvalue weighted by molar-refractivity contribution is 14.1. The summed E-state index contributed by atoms with van der Waals surface area (Å²) >= 11 is 8.31. The Morgan fingerprint density at radius 1 is 1.13 bits per heavy atom. The fourth-order valence-corrected chi connectivity index (χ4v) is 4.68. The van der Waals surface area contributed by atoms with Gasteiger partial charge in [0.25, 0.3) is 5.91 Å². The Hall–Kier alpha value is -2.39. The van der Waals surface area contributed by atoms with Gasteiger partial charge < -0.3 is 9.64 Å². The summed E-state index contributed by atoms with van der Waals surface area (Å²) in [7, 11) is 0. The molecule has 31 heavy (non-hydrogen) atoms. The highest BCUT2D eigenvalue weighted by Gasteiger charge is 2.56. The second-order valence-electron chi connectivity index (χ2n) is 7.83. The monoisotopic (exact) mass is 547 g/mol. The van der Waals surface area contributed by atoms with Gasteiger partial charge in [-0.2, -0.15) is 5.10 Å². The van der Waals surface area contributed by atoms with Gasteiger partial charge in [-0.3, -0.25) is 4.79 Å². The molecule has 1 aliphatic heterocycles. The molecule has 0 saturated heterocycles. The summed E-state index contributed by atoms with van der Waals surface area (Å²) < 4.78 is 7.95. The highest BCUT2D eigenvalue weighted by Crippen LogP contribution is 2.54. The number of esters is 1. The zero-order valence-electron chi connectivity index (χ0n) is 16.8. The highest BCUT2D eigenvalue weighted by atomic mass is 127. The first-order valence-electron chi connectivity index (χ1n) is 10.1. The fraction of sp³-hybridized carbons (Fsp3) is 0.261. The Kier molecular flexibility index (Phi) is 5.05. The van der Waals surface area contributed by atoms with E-state index in [9.17, 15) is 9.59 Å². The number of ether oxygens (including phenoxy) is 1. The fourth-order valence-electron chi connectivity index (χ4n) is 4.20. The zero-order chi connectivity index (χ0) is 21.8. The minimum absolute atomic E-state index is 0.174. The van der Waals surface area contributed by atoms with Crippen molar-refractivity contribution < 1.29 is 14.3 Å². The molecule has 2 heterocycles. The third kappa shape index (κ3) is 3.43. The number of hydrogen-bond acceptors (Lipinski definition) is 4. The second-order valence-corrected chi connectivity index (χ2v) is 9.51. The van der Waals surface area contributed by atoms with Crippen molar-refractivity contribution in [2.45, 2.75) is 25.2 Å². The van der Waals surface area contributed by atoms with Gasteiger partial charge in [0, 0.05) is 31.8 Å². The first-order chi connectivity index (χ1) is 14.9. The first-order valence-corrected chi connectivity index (χ1v) is 11.5. The average molecular weight is 548 g/mol. The third-order valence-electron chi connectivity index (χ3n) is 5.86. The Labute approximate surface area is 198 Å². The van der Waals surface area contributed by atoms with Gasteiger partial charge in [0.05, 0.1) is 12.3 Å². The molecular formula is C23H19ClIN3O3. The molecule has 8 heteroatoms. The number of anilines is 1. The molecule has 158 valence electrons. The lowest BCUT2D eigenvalue weighted by Gasteiger charge is -2.33. The van der Waals surface area contributed by atoms with E-state index in [0.717, 1.165) is 22.1 Å². The predicted octanol–water partition coefficient (Wildman–Crippen LogP) is 5.00. The summed E-state index contributed by atoms with van der Waals surface area (Å²) in [5.41, 5.74) is 2.60. The summed E-state index contributed by atoms with van der Waals surface area (Å²) in [6.45, 7) is 2.53. The number of carbonyl (C=O) groups is 2. The molecule has 1 aliphatic carbocycles. The van der Waals surface area contributed by atoms with Crippen molar-refractivity contribution in [2.24, 2.45) is 0 Å². The summed E-state index contributed by atoms with van der Waals surface area (Å²) in [6.07, 6.45) is 1.79. The summed E-state index contributed by atoms with van der Waals surface area (Å²) in [5.74, 6) is -0.667. The van der Waals surface area contributed by atoms with Gasteiger partial charge in [0.15, 0.2) is 5.69 Å². The van der Waals surface area contributed by atoms with Crippen LogP contribution >= 0.6 is 34.2 Å². The maximum atomic E-state index is 13.8. The average Bonchev–Trinajstić information content (AvgIpc) is 3.41. The quantitative estimate of drug-likeness (QED) is 0.341. The smallest absolute Gasteiger partial charge is 0.359 e. The lowest BCUT2D eigenvalue weighted by atomic mass is 9.88. The van der Waals surface area contributed by atoms with E-state index < -0.39 is 5.97 Å². The molecule has 6 nitrogen and oxygen atoms in total. The van der Waals surface area contributed by atoms with Crippen LogP contribution in [0.25, 0.3) is 5.69 Å². The summed E-state index contributed by atoms with van der Waals surface area (Å²) in [5, 5.41) is 5.17. The van der Waals surface area contributed by atoms with Crippen LogP contribution in [0.15, 0.2) is 48.5 Å². The molecule has 2 aliphatic rings. The van der Waals surface area contributed by atoms with Gasteiger partial charge >= 0.3 is 5.97 Å². The van der Waals surface area contributed by atoms with E-state index in [1.54, 1.807) is 40.8 Å². The van der Waals surface area contributed by atoms with Crippen molar-refractivity contribution in [1.82, 2.24) is 9.78 Å². The van der Waals surface area contributed by atoms with Crippen LogP contribution < -0.4 is 4.90 Å². The molecule has 0 unspecified atom stereocenters. The van der Waals surface area contributed by atoms with Crippen molar-refractivity contribution in [1.29, 1.82) is 0 Å². The van der Waals surface area contributed by atoms with Gasteiger partial charge in [-0.15, -0.1) is 0 Å². The normalized spacial score (nSPS) is 16.4. The Bertz CT molecular complexity index is 1180. The zero-order valence-corrected chi connectivity index (χ0v) is 19.7. The van der Waals surface area contributed by atoms with Crippen molar-refractivity contribution in [3.8, 4) is 5.69 Å².